The van der Waals surface area contributed by atoms with Gasteiger partial charge in [0.05, 0.1) is 29.0 Å². The minimum atomic E-state index is -0.848. The molecule has 38 heavy (non-hydrogen) atoms. The number of nitrogens with zero attached hydrogens (tertiary/aromatic N) is 1. The van der Waals surface area contributed by atoms with E-state index in [2.05, 4.69) is 17.6 Å². The molecule has 3 amide bonds. The Labute approximate surface area is 230 Å². The largest absolute Gasteiger partial charge is 0.398 e. The minimum Gasteiger partial charge on any atom is -0.398 e. The van der Waals surface area contributed by atoms with Crippen LogP contribution in [-0.2, 0) is 19.1 Å². The number of nitrogen functional groups attached to an aromatic ring is 1. The molecular formula is C28H41ClN4O5. The van der Waals surface area contributed by atoms with Gasteiger partial charge in [0.15, 0.2) is 0 Å². The van der Waals surface area contributed by atoms with E-state index in [-0.39, 0.29) is 46.8 Å². The standard InChI is InChI=1S/C28H41ClN4O5/c1-4-8-25(38-20-9-5-6-10-20)23(15-17(2)34)32-27(36)24-11-7-14-33(24)28(37)18(3)31-26(35)19-12-13-22(30)21(29)16-19/h12-13,16,18,20,23-25H,4-11,14-15,30H2,1-3H3,(H,31,35)(H,32,36). The van der Waals surface area contributed by atoms with Crippen LogP contribution < -0.4 is 16.4 Å². The zero-order valence-electron chi connectivity index (χ0n) is 22.6. The first-order valence-corrected chi connectivity index (χ1v) is 14.1. The Morgan fingerprint density at radius 3 is 2.47 bits per heavy atom. The number of likely N-dealkylation sites (tertiary alicyclic amines) is 1. The molecule has 3 rings (SSSR count). The van der Waals surface area contributed by atoms with Gasteiger partial charge in [0, 0.05) is 18.5 Å². The first-order chi connectivity index (χ1) is 18.1. The molecule has 2 fully saturated rings. The molecule has 4 unspecified atom stereocenters. The van der Waals surface area contributed by atoms with Gasteiger partial charge in [-0.15, -0.1) is 0 Å². The lowest BCUT2D eigenvalue weighted by molar-refractivity contribution is -0.140. The number of carbonyl (C=O) groups excluding carboxylic acids is 4. The number of anilines is 1. The lowest BCUT2D eigenvalue weighted by Gasteiger charge is -2.33. The zero-order valence-corrected chi connectivity index (χ0v) is 23.4. The second-order valence-corrected chi connectivity index (χ2v) is 10.9. The number of carbonyl (C=O) groups is 4. The van der Waals surface area contributed by atoms with Crippen molar-refractivity contribution in [2.45, 2.75) is 109 Å². The van der Waals surface area contributed by atoms with Crippen LogP contribution in [0.2, 0.25) is 5.02 Å². The van der Waals surface area contributed by atoms with Gasteiger partial charge >= 0.3 is 0 Å². The van der Waals surface area contributed by atoms with Crippen LogP contribution in [0.3, 0.4) is 0 Å². The first-order valence-electron chi connectivity index (χ1n) is 13.7. The average Bonchev–Trinajstić information content (AvgIpc) is 3.56. The summed E-state index contributed by atoms with van der Waals surface area (Å²) < 4.78 is 6.38. The summed E-state index contributed by atoms with van der Waals surface area (Å²) in [5.41, 5.74) is 6.36. The highest BCUT2D eigenvalue weighted by atomic mass is 35.5. The third kappa shape index (κ3) is 7.93. The molecule has 2 aliphatic rings. The summed E-state index contributed by atoms with van der Waals surface area (Å²) in [5, 5.41) is 6.01. The van der Waals surface area contributed by atoms with Gasteiger partial charge < -0.3 is 26.0 Å². The number of hydrogen-bond donors (Lipinski definition) is 3. The summed E-state index contributed by atoms with van der Waals surface area (Å²) >= 11 is 6.02. The summed E-state index contributed by atoms with van der Waals surface area (Å²) in [6, 6.07) is 2.55. The smallest absolute Gasteiger partial charge is 0.251 e. The molecule has 0 radical (unpaired) electrons. The van der Waals surface area contributed by atoms with E-state index in [0.717, 1.165) is 38.5 Å². The molecule has 1 saturated carbocycles. The Morgan fingerprint density at radius 2 is 1.84 bits per heavy atom. The third-order valence-corrected chi connectivity index (χ3v) is 7.67. The van der Waals surface area contributed by atoms with E-state index in [0.29, 0.717) is 25.1 Å². The number of Topliss-reactive ketones (excluding diaryl/α,β-unsaturated/α-hetero) is 1. The maximum absolute atomic E-state index is 13.4. The van der Waals surface area contributed by atoms with E-state index in [9.17, 15) is 19.2 Å². The molecule has 10 heteroatoms. The average molecular weight is 549 g/mol. The number of benzene rings is 1. The highest BCUT2D eigenvalue weighted by Gasteiger charge is 2.38. The summed E-state index contributed by atoms with van der Waals surface area (Å²) in [6.07, 6.45) is 7.13. The number of ether oxygens (including phenoxy) is 1. The van der Waals surface area contributed by atoms with Crippen molar-refractivity contribution in [3.05, 3.63) is 28.8 Å². The van der Waals surface area contributed by atoms with Crippen molar-refractivity contribution in [1.29, 1.82) is 0 Å². The Hall–Kier alpha value is -2.65. The molecule has 0 spiro atoms. The van der Waals surface area contributed by atoms with Crippen molar-refractivity contribution in [3.63, 3.8) is 0 Å². The highest BCUT2D eigenvalue weighted by molar-refractivity contribution is 6.33. The van der Waals surface area contributed by atoms with Crippen molar-refractivity contribution in [2.24, 2.45) is 0 Å². The molecule has 1 saturated heterocycles. The lowest BCUT2D eigenvalue weighted by atomic mass is 9.99. The zero-order chi connectivity index (χ0) is 27.8. The van der Waals surface area contributed by atoms with Crippen LogP contribution in [0.5, 0.6) is 0 Å². The van der Waals surface area contributed by atoms with E-state index in [1.165, 1.54) is 30.0 Å². The second-order valence-electron chi connectivity index (χ2n) is 10.5. The van der Waals surface area contributed by atoms with E-state index >= 15 is 0 Å². The van der Waals surface area contributed by atoms with Gasteiger partial charge in [0.1, 0.15) is 17.9 Å². The van der Waals surface area contributed by atoms with Gasteiger partial charge in [-0.25, -0.2) is 0 Å². The predicted octanol–water partition coefficient (Wildman–Crippen LogP) is 3.62. The molecule has 4 N–H and O–H groups in total. The Morgan fingerprint density at radius 1 is 1.13 bits per heavy atom. The fraction of sp³-hybridized carbons (Fsp3) is 0.643. The van der Waals surface area contributed by atoms with Gasteiger partial charge in [0.2, 0.25) is 11.8 Å². The first kappa shape index (κ1) is 29.9. The molecule has 0 bridgehead atoms. The maximum Gasteiger partial charge on any atom is 0.251 e. The normalized spacial score (nSPS) is 20.1. The topological polar surface area (TPSA) is 131 Å². The Bertz CT molecular complexity index is 1010. The Kier molecular flexibility index (Phi) is 11.0. The fourth-order valence-electron chi connectivity index (χ4n) is 5.35. The monoisotopic (exact) mass is 548 g/mol. The predicted molar refractivity (Wildman–Crippen MR) is 147 cm³/mol. The fourth-order valence-corrected chi connectivity index (χ4v) is 5.53. The molecule has 1 heterocycles. The molecule has 1 aliphatic carbocycles. The number of hydrogen-bond acceptors (Lipinski definition) is 6. The summed E-state index contributed by atoms with van der Waals surface area (Å²) in [5.74, 6) is -1.11. The second kappa shape index (κ2) is 13.9. The number of halogens is 1. The third-order valence-electron chi connectivity index (χ3n) is 7.35. The number of ketones is 1. The van der Waals surface area contributed by atoms with Gasteiger partial charge in [-0.1, -0.05) is 37.8 Å². The van der Waals surface area contributed by atoms with Crippen LogP contribution in [0.15, 0.2) is 18.2 Å². The minimum absolute atomic E-state index is 0.0233. The highest BCUT2D eigenvalue weighted by Crippen LogP contribution is 2.26. The van der Waals surface area contributed by atoms with Gasteiger partial charge in [-0.05, 0) is 64.2 Å². The van der Waals surface area contributed by atoms with Crippen LogP contribution in [0, 0.1) is 0 Å². The number of nitrogens with two attached hydrogens (primary N) is 1. The van der Waals surface area contributed by atoms with Crippen molar-refractivity contribution in [1.82, 2.24) is 15.5 Å². The molecular weight excluding hydrogens is 508 g/mol. The maximum atomic E-state index is 13.4. The summed E-state index contributed by atoms with van der Waals surface area (Å²) in [6.45, 7) is 5.58. The van der Waals surface area contributed by atoms with Crippen molar-refractivity contribution >= 4 is 40.8 Å². The van der Waals surface area contributed by atoms with E-state index in [1.54, 1.807) is 6.92 Å². The van der Waals surface area contributed by atoms with Gasteiger partial charge in [0.25, 0.3) is 5.91 Å². The van der Waals surface area contributed by atoms with Crippen LogP contribution in [-0.4, -0.2) is 65.3 Å². The van der Waals surface area contributed by atoms with Crippen molar-refractivity contribution in [3.8, 4) is 0 Å². The van der Waals surface area contributed by atoms with Gasteiger partial charge in [-0.3, -0.25) is 19.2 Å². The molecule has 1 aromatic rings. The number of amides is 3. The van der Waals surface area contributed by atoms with Crippen molar-refractivity contribution < 1.29 is 23.9 Å². The molecule has 0 aromatic heterocycles. The number of nitrogens with one attached hydrogen (secondary N) is 2. The SMILES string of the molecule is CCCC(OC1CCCC1)C(CC(C)=O)NC(=O)C1CCCN1C(=O)C(C)NC(=O)c1ccc(N)c(Cl)c1. The van der Waals surface area contributed by atoms with E-state index in [1.807, 2.05) is 0 Å². The molecule has 210 valence electrons. The molecule has 1 aliphatic heterocycles. The lowest BCUT2D eigenvalue weighted by Crippen LogP contribution is -2.55. The van der Waals surface area contributed by atoms with Gasteiger partial charge in [-0.2, -0.15) is 0 Å². The van der Waals surface area contributed by atoms with Crippen LogP contribution >= 0.6 is 11.6 Å². The van der Waals surface area contributed by atoms with Crippen molar-refractivity contribution in [2.75, 3.05) is 12.3 Å². The molecule has 9 nitrogen and oxygen atoms in total. The Balaban J connectivity index is 1.66. The number of rotatable bonds is 12. The quantitative estimate of drug-likeness (QED) is 0.342. The van der Waals surface area contributed by atoms with Crippen LogP contribution in [0.1, 0.15) is 88.9 Å². The van der Waals surface area contributed by atoms with E-state index < -0.39 is 24.0 Å². The van der Waals surface area contributed by atoms with Crippen LogP contribution in [0.25, 0.3) is 0 Å². The summed E-state index contributed by atoms with van der Waals surface area (Å²) in [4.78, 5) is 53.0. The molecule has 1 aromatic carbocycles. The van der Waals surface area contributed by atoms with Crippen LogP contribution in [0.4, 0.5) is 5.69 Å². The molecule has 4 atom stereocenters. The van der Waals surface area contributed by atoms with E-state index in [4.69, 9.17) is 22.1 Å². The summed E-state index contributed by atoms with van der Waals surface area (Å²) in [7, 11) is 0.